The minimum atomic E-state index is -4.91. The number of nitrogens with zero attached hydrogens (tertiary/aromatic N) is 1. The lowest BCUT2D eigenvalue weighted by Gasteiger charge is -2.13. The van der Waals surface area contributed by atoms with Crippen molar-refractivity contribution in [2.24, 2.45) is 0 Å². The number of carboxylic acid groups (broad SMARTS) is 1. The smallest absolute Gasteiger partial charge is 0.417 e. The van der Waals surface area contributed by atoms with E-state index in [-0.39, 0.29) is 5.56 Å². The summed E-state index contributed by atoms with van der Waals surface area (Å²) in [5.74, 6) is -2.68. The average molecular weight is 273 g/mol. The van der Waals surface area contributed by atoms with Gasteiger partial charge in [0.2, 0.25) is 0 Å². The van der Waals surface area contributed by atoms with Crippen molar-refractivity contribution in [1.82, 2.24) is 4.98 Å². The molecule has 0 radical (unpaired) electrons. The number of hydrogen-bond acceptors (Lipinski definition) is 2. The molecule has 0 unspecified atom stereocenters. The Morgan fingerprint density at radius 2 is 1.95 bits per heavy atom. The van der Waals surface area contributed by atoms with Crippen LogP contribution in [-0.2, 0) is 6.18 Å². The molecule has 0 spiro atoms. The second kappa shape index (κ2) is 4.18. The van der Waals surface area contributed by atoms with Crippen LogP contribution in [0.1, 0.15) is 21.5 Å². The number of benzene rings is 1. The number of aromatic nitrogens is 1. The van der Waals surface area contributed by atoms with Gasteiger partial charge in [-0.2, -0.15) is 13.2 Å². The summed E-state index contributed by atoms with van der Waals surface area (Å²) in [5.41, 5.74) is -2.62. The molecule has 1 aromatic carbocycles. The number of fused-ring (bicyclic) bond motifs is 1. The molecule has 0 saturated heterocycles. The van der Waals surface area contributed by atoms with Gasteiger partial charge in [-0.15, -0.1) is 0 Å². The Morgan fingerprint density at radius 3 is 2.47 bits per heavy atom. The molecule has 0 aliphatic rings. The van der Waals surface area contributed by atoms with E-state index in [1.165, 1.54) is 6.92 Å². The number of rotatable bonds is 1. The van der Waals surface area contributed by atoms with E-state index in [0.29, 0.717) is 6.20 Å². The van der Waals surface area contributed by atoms with E-state index in [0.717, 1.165) is 12.1 Å². The molecule has 0 aliphatic carbocycles. The fraction of sp³-hybridized carbons (Fsp3) is 0.167. The molecule has 100 valence electrons. The molecule has 2 rings (SSSR count). The molecule has 0 aliphatic heterocycles. The van der Waals surface area contributed by atoms with Crippen molar-refractivity contribution in [2.45, 2.75) is 13.1 Å². The Labute approximate surface area is 104 Å². The summed E-state index contributed by atoms with van der Waals surface area (Å²) in [6.45, 7) is 1.41. The van der Waals surface area contributed by atoms with Gasteiger partial charge in [-0.3, -0.25) is 4.98 Å². The zero-order chi connectivity index (χ0) is 14.4. The Balaban J connectivity index is 2.99. The second-order valence-electron chi connectivity index (χ2n) is 3.99. The summed E-state index contributed by atoms with van der Waals surface area (Å²) in [4.78, 5) is 14.3. The fourth-order valence-corrected chi connectivity index (χ4v) is 1.86. The Hall–Kier alpha value is -2.18. The van der Waals surface area contributed by atoms with Crippen LogP contribution in [0.15, 0.2) is 18.3 Å². The zero-order valence-corrected chi connectivity index (χ0v) is 9.55. The first-order valence-corrected chi connectivity index (χ1v) is 5.11. The van der Waals surface area contributed by atoms with Crippen molar-refractivity contribution < 1.29 is 27.5 Å². The van der Waals surface area contributed by atoms with Gasteiger partial charge in [0.1, 0.15) is 11.3 Å². The summed E-state index contributed by atoms with van der Waals surface area (Å²) < 4.78 is 52.5. The first kappa shape index (κ1) is 13.3. The predicted octanol–water partition coefficient (Wildman–Crippen LogP) is 3.40. The molecule has 0 fully saturated rings. The lowest BCUT2D eigenvalue weighted by Crippen LogP contribution is -2.14. The lowest BCUT2D eigenvalue weighted by molar-refractivity contribution is -0.136. The first-order chi connectivity index (χ1) is 8.71. The maximum atomic E-state index is 13.6. The van der Waals surface area contributed by atoms with Crippen molar-refractivity contribution in [2.75, 3.05) is 0 Å². The Kier molecular flexibility index (Phi) is 2.92. The molecule has 2 aromatic rings. The molecule has 1 aromatic heterocycles. The van der Waals surface area contributed by atoms with Crippen LogP contribution in [-0.4, -0.2) is 16.1 Å². The topological polar surface area (TPSA) is 50.2 Å². The lowest BCUT2D eigenvalue weighted by atomic mass is 10.0. The number of pyridine rings is 1. The number of halogens is 4. The van der Waals surface area contributed by atoms with Gasteiger partial charge in [0.05, 0.1) is 11.1 Å². The third kappa shape index (κ3) is 2.23. The number of aromatic carboxylic acids is 1. The molecule has 1 heterocycles. The van der Waals surface area contributed by atoms with Gasteiger partial charge in [-0.25, -0.2) is 9.18 Å². The summed E-state index contributed by atoms with van der Waals surface area (Å²) in [6.07, 6.45) is -4.39. The van der Waals surface area contributed by atoms with Gasteiger partial charge in [0, 0.05) is 11.6 Å². The molecule has 0 saturated carbocycles. The molecular weight excluding hydrogens is 266 g/mol. The van der Waals surface area contributed by atoms with Crippen molar-refractivity contribution in [1.29, 1.82) is 0 Å². The number of alkyl halides is 3. The Bertz CT molecular complexity index is 679. The molecular formula is C12H7F4NO2. The van der Waals surface area contributed by atoms with Crippen LogP contribution in [0.2, 0.25) is 0 Å². The number of carboxylic acids is 1. The molecule has 3 nitrogen and oxygen atoms in total. The molecule has 19 heavy (non-hydrogen) atoms. The van der Waals surface area contributed by atoms with Crippen LogP contribution in [0, 0.1) is 12.7 Å². The van der Waals surface area contributed by atoms with Crippen LogP contribution < -0.4 is 0 Å². The molecule has 0 bridgehead atoms. The highest BCUT2D eigenvalue weighted by Gasteiger charge is 2.38. The maximum absolute atomic E-state index is 13.6. The SMILES string of the molecule is Cc1cc(F)c2ncc(C(=O)O)c(C(F)(F)F)c2c1. The fourth-order valence-electron chi connectivity index (χ4n) is 1.86. The predicted molar refractivity (Wildman–Crippen MR) is 58.4 cm³/mol. The standard InChI is InChI=1S/C12H7F4NO2/c1-5-2-6-9(12(14,15)16)7(11(18)19)4-17-10(6)8(13)3-5/h2-4H,1H3,(H,18,19). The molecule has 0 atom stereocenters. The van der Waals surface area contributed by atoms with E-state index >= 15 is 0 Å². The van der Waals surface area contributed by atoms with E-state index in [4.69, 9.17) is 5.11 Å². The van der Waals surface area contributed by atoms with Gasteiger partial charge in [0.25, 0.3) is 0 Å². The summed E-state index contributed by atoms with van der Waals surface area (Å²) in [7, 11) is 0. The van der Waals surface area contributed by atoms with Crippen molar-refractivity contribution in [3.63, 3.8) is 0 Å². The van der Waals surface area contributed by atoms with Crippen molar-refractivity contribution in [3.05, 3.63) is 40.8 Å². The van der Waals surface area contributed by atoms with Crippen molar-refractivity contribution >= 4 is 16.9 Å². The summed E-state index contributed by atoms with van der Waals surface area (Å²) in [6, 6.07) is 2.11. The monoisotopic (exact) mass is 273 g/mol. The third-order valence-electron chi connectivity index (χ3n) is 2.58. The molecule has 0 amide bonds. The quantitative estimate of drug-likeness (QED) is 0.810. The second-order valence-corrected chi connectivity index (χ2v) is 3.99. The van der Waals surface area contributed by atoms with E-state index in [1.54, 1.807) is 0 Å². The summed E-state index contributed by atoms with van der Waals surface area (Å²) in [5, 5.41) is 8.24. The number of carbonyl (C=O) groups is 1. The highest BCUT2D eigenvalue weighted by molar-refractivity contribution is 5.96. The Morgan fingerprint density at radius 1 is 1.32 bits per heavy atom. The highest BCUT2D eigenvalue weighted by Crippen LogP contribution is 2.37. The van der Waals surface area contributed by atoms with E-state index in [9.17, 15) is 22.4 Å². The zero-order valence-electron chi connectivity index (χ0n) is 9.55. The summed E-state index contributed by atoms with van der Waals surface area (Å²) >= 11 is 0. The molecule has 7 heteroatoms. The molecule has 1 N–H and O–H groups in total. The third-order valence-corrected chi connectivity index (χ3v) is 2.58. The number of hydrogen-bond donors (Lipinski definition) is 1. The van der Waals surface area contributed by atoms with Crippen LogP contribution in [0.4, 0.5) is 17.6 Å². The van der Waals surface area contributed by atoms with Gasteiger partial charge >= 0.3 is 12.1 Å². The first-order valence-electron chi connectivity index (χ1n) is 5.11. The van der Waals surface area contributed by atoms with Gasteiger partial charge in [-0.05, 0) is 24.6 Å². The highest BCUT2D eigenvalue weighted by atomic mass is 19.4. The van der Waals surface area contributed by atoms with Gasteiger partial charge in [0.15, 0.2) is 0 Å². The van der Waals surface area contributed by atoms with Gasteiger partial charge in [-0.1, -0.05) is 0 Å². The van der Waals surface area contributed by atoms with Gasteiger partial charge < -0.3 is 5.11 Å². The minimum absolute atomic E-state index is 0.250. The van der Waals surface area contributed by atoms with E-state index in [1.807, 2.05) is 0 Å². The average Bonchev–Trinajstić information content (AvgIpc) is 2.25. The van der Waals surface area contributed by atoms with Crippen LogP contribution in [0.25, 0.3) is 10.9 Å². The normalized spacial score (nSPS) is 11.8. The van der Waals surface area contributed by atoms with E-state index < -0.39 is 40.0 Å². The van der Waals surface area contributed by atoms with Crippen LogP contribution >= 0.6 is 0 Å². The number of aryl methyl sites for hydroxylation is 1. The van der Waals surface area contributed by atoms with E-state index in [2.05, 4.69) is 4.98 Å². The minimum Gasteiger partial charge on any atom is -0.478 e. The largest absolute Gasteiger partial charge is 0.478 e. The van der Waals surface area contributed by atoms with Crippen LogP contribution in [0.5, 0.6) is 0 Å². The van der Waals surface area contributed by atoms with Crippen LogP contribution in [0.3, 0.4) is 0 Å². The maximum Gasteiger partial charge on any atom is 0.417 e. The van der Waals surface area contributed by atoms with Crippen molar-refractivity contribution in [3.8, 4) is 0 Å².